The standard InChI is InChI=1S/C22H19N7O2/c1-13-4-7-25-10-15(13)17-8-14-9-18(26-11-16(14)21(24)27-17)28-19(30)2-3-20(31)29-22(12-23)5-6-22/h2-4,7-11H,5-6H2,1H3,(H2,24,27)(H,29,31)(H,26,28,30)/b3-2+. The normalized spacial score (nSPS) is 14.2. The predicted molar refractivity (Wildman–Crippen MR) is 115 cm³/mol. The van der Waals surface area contributed by atoms with Crippen LogP contribution in [0.25, 0.3) is 22.0 Å². The van der Waals surface area contributed by atoms with Gasteiger partial charge in [0.2, 0.25) is 11.8 Å². The lowest BCUT2D eigenvalue weighted by Crippen LogP contribution is -2.34. The quantitative estimate of drug-likeness (QED) is 0.544. The van der Waals surface area contributed by atoms with Crippen LogP contribution < -0.4 is 16.4 Å². The monoisotopic (exact) mass is 413 g/mol. The average molecular weight is 413 g/mol. The molecule has 4 N–H and O–H groups in total. The van der Waals surface area contributed by atoms with Gasteiger partial charge in [0.25, 0.3) is 0 Å². The van der Waals surface area contributed by atoms with Crippen molar-refractivity contribution in [3.63, 3.8) is 0 Å². The molecule has 1 aliphatic carbocycles. The summed E-state index contributed by atoms with van der Waals surface area (Å²) in [5.41, 5.74) is 7.86. The van der Waals surface area contributed by atoms with E-state index in [0.717, 1.165) is 28.7 Å². The highest BCUT2D eigenvalue weighted by Crippen LogP contribution is 2.34. The zero-order valence-corrected chi connectivity index (χ0v) is 16.7. The number of nitrogen functional groups attached to an aromatic ring is 1. The van der Waals surface area contributed by atoms with E-state index in [0.29, 0.717) is 35.6 Å². The van der Waals surface area contributed by atoms with Crippen LogP contribution in [0, 0.1) is 18.3 Å². The van der Waals surface area contributed by atoms with Gasteiger partial charge < -0.3 is 16.4 Å². The predicted octanol–water partition coefficient (Wildman–Crippen LogP) is 2.25. The van der Waals surface area contributed by atoms with Crippen LogP contribution in [0.3, 0.4) is 0 Å². The molecule has 0 atom stereocenters. The summed E-state index contributed by atoms with van der Waals surface area (Å²) in [6.07, 6.45) is 8.40. The number of pyridine rings is 3. The Hall–Kier alpha value is -4.32. The number of nitrogens with two attached hydrogens (primary N) is 1. The van der Waals surface area contributed by atoms with E-state index in [1.165, 1.54) is 6.20 Å². The van der Waals surface area contributed by atoms with Crippen LogP contribution >= 0.6 is 0 Å². The number of hydrogen-bond acceptors (Lipinski definition) is 7. The van der Waals surface area contributed by atoms with Gasteiger partial charge in [0, 0.05) is 41.7 Å². The molecule has 3 aromatic rings. The average Bonchev–Trinajstić information content (AvgIpc) is 3.52. The number of nitriles is 1. The minimum absolute atomic E-state index is 0.303. The Morgan fingerprint density at radius 3 is 2.71 bits per heavy atom. The van der Waals surface area contributed by atoms with E-state index in [2.05, 4.69) is 31.7 Å². The number of nitrogens with zero attached hydrogens (tertiary/aromatic N) is 4. The lowest BCUT2D eigenvalue weighted by Gasteiger charge is -2.09. The summed E-state index contributed by atoms with van der Waals surface area (Å²) in [5.74, 6) is -0.382. The molecule has 3 aromatic heterocycles. The molecule has 31 heavy (non-hydrogen) atoms. The van der Waals surface area contributed by atoms with E-state index in [4.69, 9.17) is 11.0 Å². The smallest absolute Gasteiger partial charge is 0.249 e. The zero-order valence-electron chi connectivity index (χ0n) is 16.7. The molecule has 0 aromatic carbocycles. The molecule has 0 spiro atoms. The maximum atomic E-state index is 12.2. The first-order chi connectivity index (χ1) is 14.9. The third-order valence-electron chi connectivity index (χ3n) is 5.02. The summed E-state index contributed by atoms with van der Waals surface area (Å²) in [4.78, 5) is 36.8. The number of carbonyl (C=O) groups is 2. The fourth-order valence-electron chi connectivity index (χ4n) is 3.10. The van der Waals surface area contributed by atoms with E-state index in [9.17, 15) is 9.59 Å². The van der Waals surface area contributed by atoms with Crippen molar-refractivity contribution in [1.29, 1.82) is 5.26 Å². The molecule has 1 saturated carbocycles. The lowest BCUT2D eigenvalue weighted by atomic mass is 10.1. The molecule has 0 unspecified atom stereocenters. The second-order valence-corrected chi connectivity index (χ2v) is 7.38. The van der Waals surface area contributed by atoms with E-state index in [1.807, 2.05) is 19.1 Å². The molecule has 0 saturated heterocycles. The van der Waals surface area contributed by atoms with Crippen molar-refractivity contribution in [2.45, 2.75) is 25.3 Å². The second kappa shape index (κ2) is 7.84. The van der Waals surface area contributed by atoms with Crippen molar-refractivity contribution in [2.24, 2.45) is 0 Å². The highest BCUT2D eigenvalue weighted by molar-refractivity contribution is 6.04. The Bertz CT molecular complexity index is 1270. The third kappa shape index (κ3) is 4.33. The van der Waals surface area contributed by atoms with Crippen molar-refractivity contribution in [1.82, 2.24) is 20.3 Å². The van der Waals surface area contributed by atoms with Crippen LogP contribution in [0.1, 0.15) is 18.4 Å². The molecule has 1 fully saturated rings. The molecule has 2 amide bonds. The summed E-state index contributed by atoms with van der Waals surface area (Å²) in [7, 11) is 0. The molecule has 0 radical (unpaired) electrons. The van der Waals surface area contributed by atoms with Gasteiger partial charge in [-0.3, -0.25) is 14.6 Å². The fraction of sp³-hybridized carbons (Fsp3) is 0.182. The molecule has 3 heterocycles. The minimum Gasteiger partial charge on any atom is -0.383 e. The fourth-order valence-corrected chi connectivity index (χ4v) is 3.10. The van der Waals surface area contributed by atoms with Crippen LogP contribution in [0.2, 0.25) is 0 Å². The summed E-state index contributed by atoms with van der Waals surface area (Å²) >= 11 is 0. The van der Waals surface area contributed by atoms with Gasteiger partial charge in [-0.15, -0.1) is 0 Å². The number of carbonyl (C=O) groups excluding carboxylic acids is 2. The van der Waals surface area contributed by atoms with Crippen LogP contribution in [0.4, 0.5) is 11.6 Å². The van der Waals surface area contributed by atoms with Gasteiger partial charge in [-0.25, -0.2) is 9.97 Å². The van der Waals surface area contributed by atoms with Gasteiger partial charge in [0.15, 0.2) is 0 Å². The summed E-state index contributed by atoms with van der Waals surface area (Å²) < 4.78 is 0. The summed E-state index contributed by atoms with van der Waals surface area (Å²) in [6.45, 7) is 1.96. The first-order valence-corrected chi connectivity index (χ1v) is 9.59. The molecular formula is C22H19N7O2. The van der Waals surface area contributed by atoms with Crippen molar-refractivity contribution in [3.05, 3.63) is 54.5 Å². The maximum absolute atomic E-state index is 12.2. The molecule has 154 valence electrons. The van der Waals surface area contributed by atoms with Crippen LogP contribution in [-0.4, -0.2) is 32.3 Å². The Balaban J connectivity index is 1.52. The Morgan fingerprint density at radius 2 is 2.00 bits per heavy atom. The molecule has 9 nitrogen and oxygen atoms in total. The largest absolute Gasteiger partial charge is 0.383 e. The highest BCUT2D eigenvalue weighted by Gasteiger charge is 2.44. The second-order valence-electron chi connectivity index (χ2n) is 7.38. The number of aryl methyl sites for hydroxylation is 1. The minimum atomic E-state index is -0.782. The zero-order chi connectivity index (χ0) is 22.0. The Labute approximate surface area is 178 Å². The number of nitrogens with one attached hydrogen (secondary N) is 2. The van der Waals surface area contributed by atoms with Gasteiger partial charge in [-0.1, -0.05) is 0 Å². The van der Waals surface area contributed by atoms with Crippen LogP contribution in [-0.2, 0) is 9.59 Å². The molecule has 9 heteroatoms. The molecular weight excluding hydrogens is 394 g/mol. The van der Waals surface area contributed by atoms with E-state index >= 15 is 0 Å². The number of rotatable bonds is 5. The van der Waals surface area contributed by atoms with E-state index in [1.54, 1.807) is 18.5 Å². The first kappa shape index (κ1) is 20.0. The summed E-state index contributed by atoms with van der Waals surface area (Å²) in [5, 5.41) is 15.6. The van der Waals surface area contributed by atoms with Crippen LogP contribution in [0.15, 0.2) is 48.9 Å². The number of fused-ring (bicyclic) bond motifs is 1. The van der Waals surface area contributed by atoms with Gasteiger partial charge >= 0.3 is 0 Å². The van der Waals surface area contributed by atoms with Crippen LogP contribution in [0.5, 0.6) is 0 Å². The summed E-state index contributed by atoms with van der Waals surface area (Å²) in [6, 6.07) is 7.48. The van der Waals surface area contributed by atoms with Gasteiger partial charge in [0.05, 0.1) is 11.8 Å². The molecule has 0 aliphatic heterocycles. The molecule has 4 rings (SSSR count). The van der Waals surface area contributed by atoms with E-state index < -0.39 is 17.4 Å². The topological polar surface area (TPSA) is 147 Å². The maximum Gasteiger partial charge on any atom is 0.249 e. The van der Waals surface area contributed by atoms with Gasteiger partial charge in [0.1, 0.15) is 17.2 Å². The Morgan fingerprint density at radius 1 is 1.23 bits per heavy atom. The van der Waals surface area contributed by atoms with Crippen molar-refractivity contribution in [2.75, 3.05) is 11.1 Å². The lowest BCUT2D eigenvalue weighted by molar-refractivity contribution is -0.117. The third-order valence-corrected chi connectivity index (χ3v) is 5.02. The van der Waals surface area contributed by atoms with Gasteiger partial charge in [-0.2, -0.15) is 5.26 Å². The first-order valence-electron chi connectivity index (χ1n) is 9.59. The van der Waals surface area contributed by atoms with Crippen molar-refractivity contribution < 1.29 is 9.59 Å². The number of anilines is 2. The number of aromatic nitrogens is 3. The SMILES string of the molecule is Cc1ccncc1-c1cc2cc(NC(=O)/C=C/C(=O)NC3(C#N)CC3)ncc2c(N)n1. The Kier molecular flexibility index (Phi) is 5.05. The molecule has 1 aliphatic rings. The van der Waals surface area contributed by atoms with E-state index in [-0.39, 0.29) is 0 Å². The van der Waals surface area contributed by atoms with Crippen molar-refractivity contribution in [3.8, 4) is 17.3 Å². The van der Waals surface area contributed by atoms with Gasteiger partial charge in [-0.05, 0) is 48.9 Å². The highest BCUT2D eigenvalue weighted by atomic mass is 16.2. The number of hydrogen-bond donors (Lipinski definition) is 3. The van der Waals surface area contributed by atoms with Crippen molar-refractivity contribution >= 4 is 34.2 Å². The molecule has 0 bridgehead atoms. The number of amides is 2.